The first kappa shape index (κ1) is 18.2. The molecule has 2 rings (SSSR count). The van der Waals surface area contributed by atoms with Crippen molar-refractivity contribution >= 4 is 0 Å². The number of rotatable bonds is 8. The van der Waals surface area contributed by atoms with E-state index in [1.165, 1.54) is 13.2 Å². The Hall–Kier alpha value is -2.18. The van der Waals surface area contributed by atoms with Crippen molar-refractivity contribution in [1.29, 1.82) is 0 Å². The lowest BCUT2D eigenvalue weighted by Gasteiger charge is -2.24. The summed E-state index contributed by atoms with van der Waals surface area (Å²) in [5, 5.41) is 13.6. The van der Waals surface area contributed by atoms with Gasteiger partial charge in [0.25, 0.3) is 0 Å². The fourth-order valence-corrected chi connectivity index (χ4v) is 2.37. The molecular formula is C18H21F2NO3. The summed E-state index contributed by atoms with van der Waals surface area (Å²) in [7, 11) is 1.39. The van der Waals surface area contributed by atoms with Crippen LogP contribution in [0.4, 0.5) is 8.78 Å². The first-order chi connectivity index (χ1) is 11.4. The number of methoxy groups -OCH3 is 1. The minimum Gasteiger partial charge on any atom is -0.493 e. The minimum absolute atomic E-state index is 0.0124. The molecule has 0 fully saturated rings. The van der Waals surface area contributed by atoms with Crippen molar-refractivity contribution in [2.45, 2.75) is 25.7 Å². The first-order valence-corrected chi connectivity index (χ1v) is 7.53. The van der Waals surface area contributed by atoms with Gasteiger partial charge >= 0.3 is 6.61 Å². The van der Waals surface area contributed by atoms with Crippen LogP contribution >= 0.6 is 0 Å². The highest BCUT2D eigenvalue weighted by Gasteiger charge is 2.22. The summed E-state index contributed by atoms with van der Waals surface area (Å²) in [5.74, 6) is 0.233. The second-order valence-corrected chi connectivity index (χ2v) is 5.61. The second-order valence-electron chi connectivity index (χ2n) is 5.61. The van der Waals surface area contributed by atoms with E-state index < -0.39 is 12.2 Å². The summed E-state index contributed by atoms with van der Waals surface area (Å²) in [5.41, 5.74) is 0.514. The van der Waals surface area contributed by atoms with E-state index in [0.717, 1.165) is 11.1 Å². The van der Waals surface area contributed by atoms with E-state index in [2.05, 4.69) is 10.1 Å². The predicted molar refractivity (Wildman–Crippen MR) is 87.3 cm³/mol. The second kappa shape index (κ2) is 8.08. The van der Waals surface area contributed by atoms with Gasteiger partial charge in [0.05, 0.1) is 12.7 Å². The van der Waals surface area contributed by atoms with Crippen molar-refractivity contribution in [2.24, 2.45) is 0 Å². The third kappa shape index (κ3) is 4.91. The largest absolute Gasteiger partial charge is 0.493 e. The Balaban J connectivity index is 1.99. The molecule has 2 aromatic carbocycles. The smallest absolute Gasteiger partial charge is 0.387 e. The van der Waals surface area contributed by atoms with Crippen molar-refractivity contribution in [3.05, 3.63) is 59.7 Å². The Kier molecular flexibility index (Phi) is 6.11. The maximum atomic E-state index is 12.4. The van der Waals surface area contributed by atoms with E-state index >= 15 is 0 Å². The third-order valence-corrected chi connectivity index (χ3v) is 3.64. The molecule has 4 nitrogen and oxygen atoms in total. The summed E-state index contributed by atoms with van der Waals surface area (Å²) in [6.45, 7) is -0.490. The number of ether oxygens (including phenoxy) is 2. The molecule has 0 saturated carbocycles. The molecule has 0 amide bonds. The lowest BCUT2D eigenvalue weighted by molar-refractivity contribution is -0.0512. The van der Waals surface area contributed by atoms with Crippen molar-refractivity contribution in [3.8, 4) is 11.5 Å². The number of alkyl halides is 2. The quantitative estimate of drug-likeness (QED) is 0.776. The third-order valence-electron chi connectivity index (χ3n) is 3.64. The number of nitrogens with one attached hydrogen (secondary N) is 1. The molecule has 24 heavy (non-hydrogen) atoms. The van der Waals surface area contributed by atoms with Gasteiger partial charge in [-0.05, 0) is 30.2 Å². The molecule has 2 aromatic rings. The molecule has 0 spiro atoms. The van der Waals surface area contributed by atoms with Crippen LogP contribution in [0.15, 0.2) is 48.5 Å². The Morgan fingerprint density at radius 3 is 2.46 bits per heavy atom. The fraction of sp³-hybridized carbons (Fsp3) is 0.333. The van der Waals surface area contributed by atoms with Gasteiger partial charge in [-0.1, -0.05) is 36.4 Å². The maximum Gasteiger partial charge on any atom is 0.387 e. The van der Waals surface area contributed by atoms with E-state index in [1.54, 1.807) is 19.1 Å². The standard InChI is InChI=1S/C18H21F2NO3/c1-18(22,14-6-4-3-5-7-14)12-21-11-13-8-9-15(23-2)16(10-13)24-17(19)20/h3-10,17,21-22H,11-12H2,1-2H3. The van der Waals surface area contributed by atoms with Crippen LogP contribution in [0.1, 0.15) is 18.1 Å². The SMILES string of the molecule is COc1ccc(CNCC(C)(O)c2ccccc2)cc1OC(F)F. The van der Waals surface area contributed by atoms with Gasteiger partial charge in [-0.2, -0.15) is 8.78 Å². The van der Waals surface area contributed by atoms with Crippen LogP contribution < -0.4 is 14.8 Å². The molecule has 0 aromatic heterocycles. The fourth-order valence-electron chi connectivity index (χ4n) is 2.37. The number of aliphatic hydroxyl groups is 1. The van der Waals surface area contributed by atoms with E-state index in [4.69, 9.17) is 4.74 Å². The van der Waals surface area contributed by atoms with Gasteiger partial charge in [-0.15, -0.1) is 0 Å². The first-order valence-electron chi connectivity index (χ1n) is 7.53. The van der Waals surface area contributed by atoms with E-state index in [-0.39, 0.29) is 11.5 Å². The van der Waals surface area contributed by atoms with Crippen LogP contribution in [0, 0.1) is 0 Å². The number of halogens is 2. The highest BCUT2D eigenvalue weighted by Crippen LogP contribution is 2.29. The van der Waals surface area contributed by atoms with Crippen molar-refractivity contribution < 1.29 is 23.4 Å². The Labute approximate surface area is 140 Å². The zero-order valence-electron chi connectivity index (χ0n) is 13.6. The van der Waals surface area contributed by atoms with E-state index in [1.807, 2.05) is 30.3 Å². The highest BCUT2D eigenvalue weighted by molar-refractivity contribution is 5.43. The zero-order chi connectivity index (χ0) is 17.6. The Bertz CT molecular complexity index is 648. The molecule has 6 heteroatoms. The number of hydrogen-bond donors (Lipinski definition) is 2. The average molecular weight is 337 g/mol. The molecule has 1 unspecified atom stereocenters. The van der Waals surface area contributed by atoms with Crippen molar-refractivity contribution in [3.63, 3.8) is 0 Å². The predicted octanol–water partition coefficient (Wildman–Crippen LogP) is 3.29. The monoisotopic (exact) mass is 337 g/mol. The highest BCUT2D eigenvalue weighted by atomic mass is 19.3. The summed E-state index contributed by atoms with van der Waals surface area (Å²) in [6, 6.07) is 14.1. The van der Waals surface area contributed by atoms with Gasteiger partial charge in [0.15, 0.2) is 11.5 Å². The molecule has 0 aliphatic heterocycles. The van der Waals surface area contributed by atoms with Crippen LogP contribution in [-0.4, -0.2) is 25.4 Å². The van der Waals surface area contributed by atoms with Gasteiger partial charge in [0.2, 0.25) is 0 Å². The van der Waals surface area contributed by atoms with Crippen LogP contribution in [0.5, 0.6) is 11.5 Å². The van der Waals surface area contributed by atoms with E-state index in [9.17, 15) is 13.9 Å². The van der Waals surface area contributed by atoms with Gasteiger partial charge in [-0.3, -0.25) is 0 Å². The Morgan fingerprint density at radius 2 is 1.83 bits per heavy atom. The molecule has 2 N–H and O–H groups in total. The van der Waals surface area contributed by atoms with Gasteiger partial charge < -0.3 is 19.9 Å². The summed E-state index contributed by atoms with van der Waals surface area (Å²) in [6.07, 6.45) is 0. The van der Waals surface area contributed by atoms with Gasteiger partial charge in [0, 0.05) is 13.1 Å². The molecule has 0 aliphatic carbocycles. The number of hydrogen-bond acceptors (Lipinski definition) is 4. The molecule has 1 atom stereocenters. The van der Waals surface area contributed by atoms with Gasteiger partial charge in [0.1, 0.15) is 0 Å². The molecule has 0 heterocycles. The van der Waals surface area contributed by atoms with Crippen LogP contribution in [0.2, 0.25) is 0 Å². The zero-order valence-corrected chi connectivity index (χ0v) is 13.6. The molecule has 0 bridgehead atoms. The number of benzene rings is 2. The summed E-state index contributed by atoms with van der Waals surface area (Å²) >= 11 is 0. The van der Waals surface area contributed by atoms with Crippen molar-refractivity contribution in [1.82, 2.24) is 5.32 Å². The molecule has 0 saturated heterocycles. The lowest BCUT2D eigenvalue weighted by Crippen LogP contribution is -2.35. The molecule has 130 valence electrons. The lowest BCUT2D eigenvalue weighted by atomic mass is 9.96. The summed E-state index contributed by atoms with van der Waals surface area (Å²) in [4.78, 5) is 0. The van der Waals surface area contributed by atoms with E-state index in [0.29, 0.717) is 13.1 Å². The average Bonchev–Trinajstić information content (AvgIpc) is 2.55. The minimum atomic E-state index is -2.92. The molecule has 0 aliphatic rings. The topological polar surface area (TPSA) is 50.7 Å². The maximum absolute atomic E-state index is 12.4. The molecule has 0 radical (unpaired) electrons. The van der Waals surface area contributed by atoms with Crippen LogP contribution in [-0.2, 0) is 12.1 Å². The normalized spacial score (nSPS) is 13.6. The van der Waals surface area contributed by atoms with Crippen LogP contribution in [0.3, 0.4) is 0 Å². The van der Waals surface area contributed by atoms with Gasteiger partial charge in [-0.25, -0.2) is 0 Å². The summed E-state index contributed by atoms with van der Waals surface area (Å²) < 4.78 is 34.3. The Morgan fingerprint density at radius 1 is 1.12 bits per heavy atom. The molecular weight excluding hydrogens is 316 g/mol. The van der Waals surface area contributed by atoms with Crippen molar-refractivity contribution in [2.75, 3.05) is 13.7 Å². The van der Waals surface area contributed by atoms with Crippen LogP contribution in [0.25, 0.3) is 0 Å².